The molecule has 2 rings (SSSR count). The molecule has 80 valence electrons. The van der Waals surface area contributed by atoms with Crippen LogP contribution in [0.25, 0.3) is 0 Å². The molecule has 5 heteroatoms. The molecule has 1 heterocycles. The molecule has 0 bridgehead atoms. The van der Waals surface area contributed by atoms with Crippen LogP contribution in [0.5, 0.6) is 0 Å². The summed E-state index contributed by atoms with van der Waals surface area (Å²) in [7, 11) is 0. The van der Waals surface area contributed by atoms with Gasteiger partial charge in [-0.05, 0) is 18.6 Å². The zero-order chi connectivity index (χ0) is 11.0. The van der Waals surface area contributed by atoms with Crippen LogP contribution in [-0.4, -0.2) is 22.2 Å². The Morgan fingerprint density at radius 1 is 1.33 bits per heavy atom. The standard InChI is InChI=1S/C10H10O5/c11-9(12)6-4-5(8(6)10(13)14)7-2-1-3-15-7/h1-3,5-6,8H,4H2,(H,11,12)(H,13,14). The van der Waals surface area contributed by atoms with E-state index in [0.29, 0.717) is 12.2 Å². The fraction of sp³-hybridized carbons (Fsp3) is 0.400. The van der Waals surface area contributed by atoms with Crippen molar-refractivity contribution in [3.8, 4) is 0 Å². The topological polar surface area (TPSA) is 87.7 Å². The van der Waals surface area contributed by atoms with E-state index in [2.05, 4.69) is 0 Å². The van der Waals surface area contributed by atoms with Crippen LogP contribution >= 0.6 is 0 Å². The number of carboxylic acids is 2. The van der Waals surface area contributed by atoms with Crippen molar-refractivity contribution < 1.29 is 24.2 Å². The van der Waals surface area contributed by atoms with Gasteiger partial charge in [-0.1, -0.05) is 0 Å². The molecule has 1 fully saturated rings. The highest BCUT2D eigenvalue weighted by molar-refractivity contribution is 5.83. The first-order chi connectivity index (χ1) is 7.11. The molecule has 1 aliphatic rings. The number of hydrogen-bond donors (Lipinski definition) is 2. The summed E-state index contributed by atoms with van der Waals surface area (Å²) < 4.78 is 5.09. The van der Waals surface area contributed by atoms with Crippen molar-refractivity contribution in [2.45, 2.75) is 12.3 Å². The largest absolute Gasteiger partial charge is 0.481 e. The Bertz CT molecular complexity index is 381. The maximum absolute atomic E-state index is 10.9. The summed E-state index contributed by atoms with van der Waals surface area (Å²) in [5.41, 5.74) is 0. The van der Waals surface area contributed by atoms with Crippen molar-refractivity contribution in [3.63, 3.8) is 0 Å². The molecule has 0 saturated heterocycles. The van der Waals surface area contributed by atoms with Crippen LogP contribution in [0.1, 0.15) is 18.1 Å². The van der Waals surface area contributed by atoms with Crippen molar-refractivity contribution in [1.29, 1.82) is 0 Å². The Morgan fingerprint density at radius 3 is 2.53 bits per heavy atom. The van der Waals surface area contributed by atoms with Gasteiger partial charge in [0.25, 0.3) is 0 Å². The van der Waals surface area contributed by atoms with Crippen molar-refractivity contribution in [2.75, 3.05) is 0 Å². The third-order valence-corrected chi connectivity index (χ3v) is 2.89. The van der Waals surface area contributed by atoms with Gasteiger partial charge in [-0.15, -0.1) is 0 Å². The Labute approximate surface area is 85.3 Å². The quantitative estimate of drug-likeness (QED) is 0.781. The lowest BCUT2D eigenvalue weighted by molar-refractivity contribution is -0.162. The first kappa shape index (κ1) is 9.76. The Kier molecular flexibility index (Phi) is 2.22. The molecule has 0 aliphatic heterocycles. The van der Waals surface area contributed by atoms with E-state index >= 15 is 0 Å². The Balaban J connectivity index is 2.18. The lowest BCUT2D eigenvalue weighted by Crippen LogP contribution is -2.44. The van der Waals surface area contributed by atoms with Gasteiger partial charge in [0.2, 0.25) is 0 Å². The van der Waals surface area contributed by atoms with E-state index in [1.165, 1.54) is 6.26 Å². The fourth-order valence-electron chi connectivity index (χ4n) is 2.05. The number of carboxylic acid groups (broad SMARTS) is 2. The number of hydrogen-bond acceptors (Lipinski definition) is 3. The van der Waals surface area contributed by atoms with E-state index in [9.17, 15) is 9.59 Å². The molecule has 0 radical (unpaired) electrons. The maximum atomic E-state index is 10.9. The molecular weight excluding hydrogens is 200 g/mol. The molecule has 0 aromatic carbocycles. The number of carbonyl (C=O) groups is 2. The van der Waals surface area contributed by atoms with Gasteiger partial charge in [0, 0.05) is 5.92 Å². The first-order valence-corrected chi connectivity index (χ1v) is 4.60. The first-order valence-electron chi connectivity index (χ1n) is 4.60. The molecule has 2 N–H and O–H groups in total. The molecule has 1 saturated carbocycles. The van der Waals surface area contributed by atoms with Crippen LogP contribution in [-0.2, 0) is 9.59 Å². The van der Waals surface area contributed by atoms with E-state index in [-0.39, 0.29) is 5.92 Å². The molecule has 1 aromatic rings. The van der Waals surface area contributed by atoms with Gasteiger partial charge in [0.05, 0.1) is 18.1 Å². The summed E-state index contributed by atoms with van der Waals surface area (Å²) in [4.78, 5) is 21.6. The Hall–Kier alpha value is -1.78. The molecule has 3 unspecified atom stereocenters. The highest BCUT2D eigenvalue weighted by Crippen LogP contribution is 2.47. The normalized spacial score (nSPS) is 29.5. The van der Waals surface area contributed by atoms with Gasteiger partial charge < -0.3 is 14.6 Å². The lowest BCUT2D eigenvalue weighted by atomic mass is 9.63. The molecule has 15 heavy (non-hydrogen) atoms. The predicted molar refractivity (Wildman–Crippen MR) is 48.3 cm³/mol. The van der Waals surface area contributed by atoms with Crippen molar-refractivity contribution in [1.82, 2.24) is 0 Å². The molecule has 3 atom stereocenters. The zero-order valence-corrected chi connectivity index (χ0v) is 7.79. The number of furan rings is 1. The average molecular weight is 210 g/mol. The third kappa shape index (κ3) is 1.49. The van der Waals surface area contributed by atoms with E-state index < -0.39 is 23.8 Å². The summed E-state index contributed by atoms with van der Waals surface area (Å²) in [5, 5.41) is 17.7. The van der Waals surface area contributed by atoms with Crippen LogP contribution in [0.2, 0.25) is 0 Å². The van der Waals surface area contributed by atoms with Gasteiger partial charge in [-0.2, -0.15) is 0 Å². The van der Waals surface area contributed by atoms with E-state index in [1.54, 1.807) is 12.1 Å². The monoisotopic (exact) mass is 210 g/mol. The second kappa shape index (κ2) is 3.42. The summed E-state index contributed by atoms with van der Waals surface area (Å²) in [5.74, 6) is -3.54. The van der Waals surface area contributed by atoms with Crippen LogP contribution in [0, 0.1) is 11.8 Å². The van der Waals surface area contributed by atoms with Crippen molar-refractivity contribution in [3.05, 3.63) is 24.2 Å². The zero-order valence-electron chi connectivity index (χ0n) is 7.79. The molecule has 1 aliphatic carbocycles. The van der Waals surface area contributed by atoms with Crippen LogP contribution in [0.15, 0.2) is 22.8 Å². The van der Waals surface area contributed by atoms with Gasteiger partial charge in [0.1, 0.15) is 5.76 Å². The number of aliphatic carboxylic acids is 2. The predicted octanol–water partition coefficient (Wildman–Crippen LogP) is 1.17. The summed E-state index contributed by atoms with van der Waals surface area (Å²) in [6.07, 6.45) is 1.79. The molecule has 0 amide bonds. The molecule has 5 nitrogen and oxygen atoms in total. The fourth-order valence-corrected chi connectivity index (χ4v) is 2.05. The highest BCUT2D eigenvalue weighted by atomic mass is 16.4. The van der Waals surface area contributed by atoms with Gasteiger partial charge >= 0.3 is 11.9 Å². The van der Waals surface area contributed by atoms with Gasteiger partial charge in [-0.25, -0.2) is 0 Å². The SMILES string of the molecule is O=C(O)C1CC(c2ccco2)C1C(=O)O. The summed E-state index contributed by atoms with van der Waals surface area (Å²) in [6.45, 7) is 0. The van der Waals surface area contributed by atoms with Crippen LogP contribution in [0.4, 0.5) is 0 Å². The molecule has 0 spiro atoms. The second-order valence-electron chi connectivity index (χ2n) is 3.67. The van der Waals surface area contributed by atoms with Crippen molar-refractivity contribution >= 4 is 11.9 Å². The van der Waals surface area contributed by atoms with E-state index in [1.807, 2.05) is 0 Å². The molecular formula is C10H10O5. The summed E-state index contributed by atoms with van der Waals surface area (Å²) in [6, 6.07) is 3.35. The van der Waals surface area contributed by atoms with E-state index in [0.717, 1.165) is 0 Å². The second-order valence-corrected chi connectivity index (χ2v) is 3.67. The minimum atomic E-state index is -1.07. The van der Waals surface area contributed by atoms with Gasteiger partial charge in [-0.3, -0.25) is 9.59 Å². The van der Waals surface area contributed by atoms with Crippen LogP contribution < -0.4 is 0 Å². The Morgan fingerprint density at radius 2 is 2.07 bits per heavy atom. The van der Waals surface area contributed by atoms with Crippen molar-refractivity contribution in [2.24, 2.45) is 11.8 Å². The molecule has 1 aromatic heterocycles. The average Bonchev–Trinajstić information content (AvgIpc) is 2.52. The van der Waals surface area contributed by atoms with Gasteiger partial charge in [0.15, 0.2) is 0 Å². The van der Waals surface area contributed by atoms with E-state index in [4.69, 9.17) is 14.6 Å². The number of rotatable bonds is 3. The third-order valence-electron chi connectivity index (χ3n) is 2.89. The minimum absolute atomic E-state index is 0.307. The highest BCUT2D eigenvalue weighted by Gasteiger charge is 2.51. The lowest BCUT2D eigenvalue weighted by Gasteiger charge is -2.37. The van der Waals surface area contributed by atoms with Crippen LogP contribution in [0.3, 0.4) is 0 Å². The maximum Gasteiger partial charge on any atom is 0.308 e. The summed E-state index contributed by atoms with van der Waals surface area (Å²) >= 11 is 0. The minimum Gasteiger partial charge on any atom is -0.481 e. The smallest absolute Gasteiger partial charge is 0.308 e.